The second-order valence-electron chi connectivity index (χ2n) is 9.72. The average Bonchev–Trinajstić information content (AvgIpc) is 3.20. The lowest BCUT2D eigenvalue weighted by Gasteiger charge is -2.37. The van der Waals surface area contributed by atoms with Crippen molar-refractivity contribution in [2.75, 3.05) is 30.4 Å². The van der Waals surface area contributed by atoms with E-state index in [1.807, 2.05) is 6.92 Å². The minimum absolute atomic E-state index is 0.0950. The first-order valence-electron chi connectivity index (χ1n) is 11.9. The predicted octanol–water partition coefficient (Wildman–Crippen LogP) is 6.13. The number of benzene rings is 2. The summed E-state index contributed by atoms with van der Waals surface area (Å²) in [4.78, 5) is 5.33. The number of anilines is 2. The van der Waals surface area contributed by atoms with Crippen molar-refractivity contribution >= 4 is 32.2 Å². The van der Waals surface area contributed by atoms with Gasteiger partial charge < -0.3 is 14.8 Å². The summed E-state index contributed by atoms with van der Waals surface area (Å²) in [5.74, 6) is -1.26. The van der Waals surface area contributed by atoms with Crippen LogP contribution in [0.3, 0.4) is 0 Å². The Morgan fingerprint density at radius 3 is 2.49 bits per heavy atom. The smallest absolute Gasteiger partial charge is 0.265 e. The van der Waals surface area contributed by atoms with Crippen LogP contribution in [0.15, 0.2) is 35.2 Å². The summed E-state index contributed by atoms with van der Waals surface area (Å²) < 4.78 is 67.6. The van der Waals surface area contributed by atoms with E-state index in [4.69, 9.17) is 14.5 Å². The number of ether oxygens (including phenoxy) is 2. The minimum Gasteiger partial charge on any atom is -0.495 e. The van der Waals surface area contributed by atoms with E-state index in [0.717, 1.165) is 47.8 Å². The van der Waals surface area contributed by atoms with Gasteiger partial charge in [-0.2, -0.15) is 0 Å². The molecule has 0 unspecified atom stereocenters. The fourth-order valence-corrected chi connectivity index (χ4v) is 7.03. The van der Waals surface area contributed by atoms with E-state index >= 15 is 0 Å². The quantitative estimate of drug-likeness (QED) is 0.350. The molecule has 1 saturated heterocycles. The van der Waals surface area contributed by atoms with Crippen molar-refractivity contribution in [1.82, 2.24) is 4.98 Å². The monoisotopic (exact) mass is 551 g/mol. The molecule has 0 atom stereocenters. The number of methoxy groups -OCH3 is 1. The Morgan fingerprint density at radius 2 is 1.84 bits per heavy atom. The summed E-state index contributed by atoms with van der Waals surface area (Å²) in [6.45, 7) is 9.09. The molecule has 200 valence electrons. The van der Waals surface area contributed by atoms with Crippen molar-refractivity contribution in [3.63, 3.8) is 0 Å². The first-order valence-corrected chi connectivity index (χ1v) is 14.2. The van der Waals surface area contributed by atoms with Gasteiger partial charge in [-0.1, -0.05) is 11.3 Å². The van der Waals surface area contributed by atoms with Gasteiger partial charge in [0.1, 0.15) is 22.3 Å². The molecule has 0 saturated carbocycles. The van der Waals surface area contributed by atoms with Crippen LogP contribution in [0.2, 0.25) is 0 Å². The van der Waals surface area contributed by atoms with Crippen LogP contribution < -0.4 is 14.8 Å². The number of halogens is 2. The highest BCUT2D eigenvalue weighted by molar-refractivity contribution is 7.92. The van der Waals surface area contributed by atoms with Crippen molar-refractivity contribution in [3.8, 4) is 16.2 Å². The Hall–Kier alpha value is -2.76. The molecule has 2 aromatic carbocycles. The molecule has 0 spiro atoms. The average molecular weight is 552 g/mol. The highest BCUT2D eigenvalue weighted by atomic mass is 32.2. The zero-order chi connectivity index (χ0) is 27.0. The van der Waals surface area contributed by atoms with Crippen LogP contribution in [0.1, 0.15) is 37.9 Å². The predicted molar refractivity (Wildman–Crippen MR) is 142 cm³/mol. The van der Waals surface area contributed by atoms with Gasteiger partial charge in [-0.15, -0.1) is 0 Å². The molecule has 11 heteroatoms. The van der Waals surface area contributed by atoms with Crippen molar-refractivity contribution in [3.05, 3.63) is 53.2 Å². The van der Waals surface area contributed by atoms with Crippen LogP contribution in [0.4, 0.5) is 19.6 Å². The van der Waals surface area contributed by atoms with Gasteiger partial charge in [-0.05, 0) is 81.8 Å². The summed E-state index contributed by atoms with van der Waals surface area (Å²) in [7, 11) is -2.92. The maximum Gasteiger partial charge on any atom is 0.265 e. The summed E-state index contributed by atoms with van der Waals surface area (Å²) in [5.41, 5.74) is 0.990. The molecule has 1 aliphatic rings. The molecule has 0 aliphatic carbocycles. The Morgan fingerprint density at radius 1 is 1.14 bits per heavy atom. The number of hydrogen-bond donors (Lipinski definition) is 2. The number of aromatic nitrogens is 1. The molecular formula is C26H31F2N3O4S2. The Balaban J connectivity index is 1.66. The van der Waals surface area contributed by atoms with Gasteiger partial charge in [-0.25, -0.2) is 22.2 Å². The molecule has 0 radical (unpaired) electrons. The minimum atomic E-state index is -4.27. The Bertz CT molecular complexity index is 1380. The topological polar surface area (TPSA) is 89.5 Å². The van der Waals surface area contributed by atoms with E-state index in [1.54, 1.807) is 12.1 Å². The lowest BCUT2D eigenvalue weighted by atomic mass is 9.82. The summed E-state index contributed by atoms with van der Waals surface area (Å²) in [6, 6.07) is 6.48. The van der Waals surface area contributed by atoms with Gasteiger partial charge in [-0.3, -0.25) is 4.72 Å². The molecule has 1 aromatic heterocycles. The van der Waals surface area contributed by atoms with E-state index < -0.39 is 21.7 Å². The standard InChI is InChI=1S/C26H31F2N3O4S2/c1-15-12-19(27)14-20(28)23(15)31-37(32,33)22-13-17(6-7-21(22)34-5)24-16(2)29-25(36-24)30-26(3,4)18-8-10-35-11-9-18/h6-7,12-14,18,31H,8-11H2,1-5H3,(H,29,30). The number of hydrogen-bond acceptors (Lipinski definition) is 7. The fourth-order valence-electron chi connectivity index (χ4n) is 4.56. The largest absolute Gasteiger partial charge is 0.495 e. The first kappa shape index (κ1) is 27.3. The molecule has 1 fully saturated rings. The second-order valence-corrected chi connectivity index (χ2v) is 12.4. The molecule has 4 rings (SSSR count). The Kier molecular flexibility index (Phi) is 7.77. The van der Waals surface area contributed by atoms with Crippen LogP contribution in [0, 0.1) is 31.4 Å². The van der Waals surface area contributed by atoms with Crippen LogP contribution in [0.25, 0.3) is 10.4 Å². The highest BCUT2D eigenvalue weighted by Crippen LogP contribution is 2.39. The molecule has 2 heterocycles. The van der Waals surface area contributed by atoms with Gasteiger partial charge in [0.15, 0.2) is 5.13 Å². The van der Waals surface area contributed by atoms with Crippen molar-refractivity contribution in [2.24, 2.45) is 5.92 Å². The third kappa shape index (κ3) is 5.89. The van der Waals surface area contributed by atoms with Gasteiger partial charge in [0.05, 0.1) is 23.4 Å². The maximum atomic E-state index is 14.4. The number of thiazole rings is 1. The maximum absolute atomic E-state index is 14.4. The number of nitrogens with one attached hydrogen (secondary N) is 2. The molecule has 0 amide bonds. The number of rotatable bonds is 8. The molecule has 3 aromatic rings. The van der Waals surface area contributed by atoms with Crippen molar-refractivity contribution < 1.29 is 26.7 Å². The van der Waals surface area contributed by atoms with Crippen LogP contribution >= 0.6 is 11.3 Å². The van der Waals surface area contributed by atoms with E-state index in [0.29, 0.717) is 17.5 Å². The molecule has 0 bridgehead atoms. The molecule has 1 aliphatic heterocycles. The normalized spacial score (nSPS) is 15.0. The van der Waals surface area contributed by atoms with Gasteiger partial charge in [0.25, 0.3) is 10.0 Å². The zero-order valence-corrected chi connectivity index (χ0v) is 23.1. The first-order chi connectivity index (χ1) is 17.4. The molecular weight excluding hydrogens is 520 g/mol. The zero-order valence-electron chi connectivity index (χ0n) is 21.4. The van der Waals surface area contributed by atoms with E-state index in [-0.39, 0.29) is 27.4 Å². The highest BCUT2D eigenvalue weighted by Gasteiger charge is 2.32. The molecule has 7 nitrogen and oxygen atoms in total. The lowest BCUT2D eigenvalue weighted by Crippen LogP contribution is -2.42. The number of sulfonamides is 1. The van der Waals surface area contributed by atoms with E-state index in [1.165, 1.54) is 31.4 Å². The third-order valence-corrected chi connectivity index (χ3v) is 9.16. The summed E-state index contributed by atoms with van der Waals surface area (Å²) in [6.07, 6.45) is 1.94. The van der Waals surface area contributed by atoms with Gasteiger partial charge in [0.2, 0.25) is 0 Å². The van der Waals surface area contributed by atoms with Crippen molar-refractivity contribution in [1.29, 1.82) is 0 Å². The SMILES string of the molecule is COc1ccc(-c2sc(NC(C)(C)C3CCOCC3)nc2C)cc1S(=O)(=O)Nc1c(C)cc(F)cc1F. The van der Waals surface area contributed by atoms with Crippen LogP contribution in [-0.4, -0.2) is 39.3 Å². The summed E-state index contributed by atoms with van der Waals surface area (Å²) >= 11 is 1.44. The van der Waals surface area contributed by atoms with E-state index in [2.05, 4.69) is 23.9 Å². The lowest BCUT2D eigenvalue weighted by molar-refractivity contribution is 0.0491. The summed E-state index contributed by atoms with van der Waals surface area (Å²) in [5, 5.41) is 4.30. The van der Waals surface area contributed by atoms with Gasteiger partial charge in [0, 0.05) is 24.8 Å². The Labute approximate surface area is 220 Å². The van der Waals surface area contributed by atoms with Crippen LogP contribution in [-0.2, 0) is 14.8 Å². The van der Waals surface area contributed by atoms with Crippen molar-refractivity contribution in [2.45, 2.75) is 51.0 Å². The van der Waals surface area contributed by atoms with Crippen LogP contribution in [0.5, 0.6) is 5.75 Å². The van der Waals surface area contributed by atoms with Gasteiger partial charge >= 0.3 is 0 Å². The molecule has 37 heavy (non-hydrogen) atoms. The van der Waals surface area contributed by atoms with E-state index in [9.17, 15) is 17.2 Å². The molecule has 2 N–H and O–H groups in total. The number of nitrogens with zero attached hydrogens (tertiary/aromatic N) is 1. The third-order valence-electron chi connectivity index (χ3n) is 6.67. The second kappa shape index (κ2) is 10.5. The number of aryl methyl sites for hydroxylation is 2. The fraction of sp³-hybridized carbons (Fsp3) is 0.423.